The summed E-state index contributed by atoms with van der Waals surface area (Å²) < 4.78 is 10.6. The van der Waals surface area contributed by atoms with E-state index in [1.807, 2.05) is 0 Å². The molecule has 0 radical (unpaired) electrons. The Kier molecular flexibility index (Phi) is 8.71. The van der Waals surface area contributed by atoms with Crippen molar-refractivity contribution in [2.75, 3.05) is 13.2 Å². The van der Waals surface area contributed by atoms with E-state index < -0.39 is 5.97 Å². The second-order valence-electron chi connectivity index (χ2n) is 7.13. The lowest BCUT2D eigenvalue weighted by Gasteiger charge is -2.34. The average molecular weight is 416 g/mol. The third kappa shape index (κ3) is 7.23. The molecule has 1 N–H and O–H groups in total. The van der Waals surface area contributed by atoms with Crippen molar-refractivity contribution in [3.63, 3.8) is 0 Å². The molecule has 1 amide bonds. The van der Waals surface area contributed by atoms with Gasteiger partial charge in [0.2, 0.25) is 0 Å². The lowest BCUT2D eigenvalue weighted by Crippen LogP contribution is -2.45. The molecule has 1 aromatic rings. The molecule has 3 unspecified atom stereocenters. The summed E-state index contributed by atoms with van der Waals surface area (Å²) in [7, 11) is 0. The maximum Gasteiger partial charge on any atom is 0.306 e. The highest BCUT2D eigenvalue weighted by molar-refractivity contribution is 6.35. The van der Waals surface area contributed by atoms with E-state index in [2.05, 4.69) is 19.2 Å². The Morgan fingerprint density at radius 2 is 2.00 bits per heavy atom. The molecule has 1 aliphatic rings. The molecule has 0 saturated heterocycles. The zero-order chi connectivity index (χ0) is 19.8. The van der Waals surface area contributed by atoms with Crippen LogP contribution in [0.3, 0.4) is 0 Å². The van der Waals surface area contributed by atoms with Crippen molar-refractivity contribution in [1.82, 2.24) is 5.32 Å². The summed E-state index contributed by atoms with van der Waals surface area (Å²) in [6.45, 7) is 4.45. The lowest BCUT2D eigenvalue weighted by molar-refractivity contribution is -0.149. The van der Waals surface area contributed by atoms with Gasteiger partial charge < -0.3 is 14.8 Å². The fraction of sp³-hybridized carbons (Fsp3) is 0.600. The third-order valence-electron chi connectivity index (χ3n) is 5.09. The Labute approximate surface area is 170 Å². The number of ether oxygens (including phenoxy) is 2. The van der Waals surface area contributed by atoms with Crippen molar-refractivity contribution in [1.29, 1.82) is 0 Å². The highest BCUT2D eigenvalue weighted by atomic mass is 35.5. The van der Waals surface area contributed by atoms with Crippen LogP contribution < -0.4 is 10.1 Å². The number of benzene rings is 1. The number of carbonyl (C=O) groups excluding carboxylic acids is 2. The molecule has 1 aliphatic carbocycles. The van der Waals surface area contributed by atoms with Crippen molar-refractivity contribution < 1.29 is 19.1 Å². The van der Waals surface area contributed by atoms with Crippen LogP contribution in [0.25, 0.3) is 0 Å². The van der Waals surface area contributed by atoms with Gasteiger partial charge in [-0.2, -0.15) is 0 Å². The van der Waals surface area contributed by atoms with E-state index in [1.54, 1.807) is 18.2 Å². The van der Waals surface area contributed by atoms with E-state index >= 15 is 0 Å². The highest BCUT2D eigenvalue weighted by Gasteiger charge is 2.28. The Hall–Kier alpha value is -1.46. The summed E-state index contributed by atoms with van der Waals surface area (Å²) in [6.07, 6.45) is 3.95. The zero-order valence-electron chi connectivity index (χ0n) is 15.8. The van der Waals surface area contributed by atoms with E-state index in [0.717, 1.165) is 12.8 Å². The largest absolute Gasteiger partial charge is 0.492 e. The van der Waals surface area contributed by atoms with E-state index in [-0.39, 0.29) is 25.0 Å². The number of amides is 1. The average Bonchev–Trinajstić information content (AvgIpc) is 2.62. The van der Waals surface area contributed by atoms with Crippen molar-refractivity contribution in [3.8, 4) is 5.75 Å². The minimum absolute atomic E-state index is 0.164. The first-order valence-electron chi connectivity index (χ1n) is 9.39. The Morgan fingerprint density at radius 3 is 2.74 bits per heavy atom. The molecule has 0 heterocycles. The molecule has 3 atom stereocenters. The molecule has 0 spiro atoms. The molecular formula is C20H27Cl2NO4. The molecule has 5 nitrogen and oxygen atoms in total. The molecule has 0 aromatic heterocycles. The Bertz CT molecular complexity index is 653. The minimum atomic E-state index is -0.416. The van der Waals surface area contributed by atoms with Crippen LogP contribution in [0, 0.1) is 11.8 Å². The Morgan fingerprint density at radius 1 is 1.22 bits per heavy atom. The van der Waals surface area contributed by atoms with Crippen LogP contribution in [-0.2, 0) is 14.3 Å². The van der Waals surface area contributed by atoms with Crippen molar-refractivity contribution in [2.45, 2.75) is 52.0 Å². The summed E-state index contributed by atoms with van der Waals surface area (Å²) in [5.41, 5.74) is 0. The van der Waals surface area contributed by atoms with Crippen LogP contribution in [0.2, 0.25) is 10.0 Å². The molecular weight excluding hydrogens is 389 g/mol. The molecule has 1 fully saturated rings. The van der Waals surface area contributed by atoms with E-state index in [4.69, 9.17) is 32.7 Å². The number of halogens is 2. The monoisotopic (exact) mass is 415 g/mol. The van der Waals surface area contributed by atoms with Gasteiger partial charge in [0.05, 0.1) is 11.6 Å². The molecule has 1 aromatic carbocycles. The standard InChI is InChI=1S/C20H27Cl2NO4/c1-13-5-3-6-17(14(13)2)23-19(24)12-27-20(25)7-4-10-26-18-9-8-15(21)11-16(18)22/h8-9,11,13-14,17H,3-7,10,12H2,1-2H3,(H,23,24). The van der Waals surface area contributed by atoms with Gasteiger partial charge in [-0.05, 0) is 42.9 Å². The van der Waals surface area contributed by atoms with Crippen LogP contribution in [-0.4, -0.2) is 31.1 Å². The predicted octanol–water partition coefficient (Wildman–Crippen LogP) is 4.64. The second kappa shape index (κ2) is 10.8. The molecule has 1 saturated carbocycles. The predicted molar refractivity (Wildman–Crippen MR) is 106 cm³/mol. The van der Waals surface area contributed by atoms with Gasteiger partial charge in [-0.3, -0.25) is 9.59 Å². The quantitative estimate of drug-likeness (QED) is 0.496. The summed E-state index contributed by atoms with van der Waals surface area (Å²) in [6, 6.07) is 5.13. The third-order valence-corrected chi connectivity index (χ3v) is 5.62. The van der Waals surface area contributed by atoms with E-state index in [0.29, 0.717) is 40.7 Å². The van der Waals surface area contributed by atoms with Gasteiger partial charge >= 0.3 is 5.97 Å². The highest BCUT2D eigenvalue weighted by Crippen LogP contribution is 2.29. The molecule has 150 valence electrons. The summed E-state index contributed by atoms with van der Waals surface area (Å²) in [5.74, 6) is 0.903. The van der Waals surface area contributed by atoms with Gasteiger partial charge in [0.1, 0.15) is 5.75 Å². The Balaban J connectivity index is 1.60. The minimum Gasteiger partial charge on any atom is -0.492 e. The maximum absolute atomic E-state index is 12.0. The lowest BCUT2D eigenvalue weighted by atomic mass is 9.78. The number of esters is 1. The number of carbonyl (C=O) groups is 2. The van der Waals surface area contributed by atoms with Gasteiger partial charge in [-0.25, -0.2) is 0 Å². The number of rotatable bonds is 8. The number of hydrogen-bond donors (Lipinski definition) is 1. The van der Waals surface area contributed by atoms with E-state index in [9.17, 15) is 9.59 Å². The topological polar surface area (TPSA) is 64.6 Å². The summed E-state index contributed by atoms with van der Waals surface area (Å²) in [4.78, 5) is 23.8. The van der Waals surface area contributed by atoms with Gasteiger partial charge in [0, 0.05) is 17.5 Å². The molecule has 27 heavy (non-hydrogen) atoms. The SMILES string of the molecule is CC1CCCC(NC(=O)COC(=O)CCCOc2ccc(Cl)cc2Cl)C1C. The summed E-state index contributed by atoms with van der Waals surface area (Å²) >= 11 is 11.8. The summed E-state index contributed by atoms with van der Waals surface area (Å²) in [5, 5.41) is 3.95. The second-order valence-corrected chi connectivity index (χ2v) is 7.97. The van der Waals surface area contributed by atoms with Crippen molar-refractivity contribution in [3.05, 3.63) is 28.2 Å². The smallest absolute Gasteiger partial charge is 0.306 e. The van der Waals surface area contributed by atoms with E-state index in [1.165, 1.54) is 6.42 Å². The maximum atomic E-state index is 12.0. The first kappa shape index (κ1) is 21.8. The van der Waals surface area contributed by atoms with Crippen LogP contribution >= 0.6 is 23.2 Å². The fourth-order valence-corrected chi connectivity index (χ4v) is 3.71. The first-order chi connectivity index (χ1) is 12.9. The van der Waals surface area contributed by atoms with Crippen molar-refractivity contribution in [2.24, 2.45) is 11.8 Å². The van der Waals surface area contributed by atoms with Gasteiger partial charge in [0.25, 0.3) is 5.91 Å². The van der Waals surface area contributed by atoms with Crippen LogP contribution in [0.4, 0.5) is 0 Å². The molecule has 2 rings (SSSR count). The molecule has 7 heteroatoms. The van der Waals surface area contributed by atoms with Gasteiger partial charge in [-0.15, -0.1) is 0 Å². The van der Waals surface area contributed by atoms with Crippen molar-refractivity contribution >= 4 is 35.1 Å². The van der Waals surface area contributed by atoms with Gasteiger partial charge in [-0.1, -0.05) is 49.9 Å². The zero-order valence-corrected chi connectivity index (χ0v) is 17.3. The molecule has 0 bridgehead atoms. The first-order valence-corrected chi connectivity index (χ1v) is 10.1. The normalized spacial score (nSPS) is 22.1. The number of nitrogens with one attached hydrogen (secondary N) is 1. The van der Waals surface area contributed by atoms with Crippen LogP contribution in [0.5, 0.6) is 5.75 Å². The number of hydrogen-bond acceptors (Lipinski definition) is 4. The fourth-order valence-electron chi connectivity index (χ4n) is 3.24. The molecule has 0 aliphatic heterocycles. The van der Waals surface area contributed by atoms with Crippen LogP contribution in [0.15, 0.2) is 18.2 Å². The van der Waals surface area contributed by atoms with Crippen LogP contribution in [0.1, 0.15) is 46.0 Å². The van der Waals surface area contributed by atoms with Gasteiger partial charge in [0.15, 0.2) is 6.61 Å².